The second kappa shape index (κ2) is 15.5. The maximum atomic E-state index is 5.29. The minimum Gasteiger partial charge on any atom is -0.253 e. The van der Waals surface area contributed by atoms with Gasteiger partial charge in [0, 0.05) is 33.3 Å². The fourth-order valence-corrected chi connectivity index (χ4v) is 7.53. The summed E-state index contributed by atoms with van der Waals surface area (Å²) < 4.78 is 0. The van der Waals surface area contributed by atoms with Crippen LogP contribution >= 0.6 is 0 Å². The smallest absolute Gasteiger partial charge is 0.155 e. The lowest BCUT2D eigenvalue weighted by atomic mass is 9.90. The van der Waals surface area contributed by atoms with Gasteiger partial charge in [-0.05, 0) is 84.7 Å². The summed E-state index contributed by atoms with van der Waals surface area (Å²) in [5, 5.41) is 2.16. The van der Waals surface area contributed by atoms with Gasteiger partial charge >= 0.3 is 0 Å². The zero-order chi connectivity index (χ0) is 37.9. The van der Waals surface area contributed by atoms with E-state index >= 15 is 0 Å². The molecule has 2 atom stereocenters. The largest absolute Gasteiger partial charge is 0.253 e. The van der Waals surface area contributed by atoms with Crippen LogP contribution < -0.4 is 0 Å². The van der Waals surface area contributed by atoms with Crippen LogP contribution in [0.4, 0.5) is 0 Å². The van der Waals surface area contributed by atoms with Crippen molar-refractivity contribution in [3.8, 4) is 33.5 Å². The lowest BCUT2D eigenvalue weighted by molar-refractivity contribution is 0.712. The van der Waals surface area contributed by atoms with Crippen molar-refractivity contribution >= 4 is 33.4 Å². The van der Waals surface area contributed by atoms with Crippen LogP contribution in [0.25, 0.3) is 55.3 Å². The Balaban J connectivity index is 1.14. The number of nitrogens with zero attached hydrogens (tertiary/aromatic N) is 4. The molecule has 0 amide bonds. The third-order valence-corrected chi connectivity index (χ3v) is 10.4. The second-order valence-corrected chi connectivity index (χ2v) is 14.6. The molecule has 5 aromatic carbocycles. The molecule has 2 heterocycles. The predicted molar refractivity (Wildman–Crippen MR) is 233 cm³/mol. The van der Waals surface area contributed by atoms with Crippen molar-refractivity contribution in [1.82, 2.24) is 9.97 Å². The van der Waals surface area contributed by atoms with Crippen LogP contribution in [-0.2, 0) is 0 Å². The number of allylic oxidation sites excluding steroid dienone is 4. The Kier molecular flexibility index (Phi) is 9.97. The lowest BCUT2D eigenvalue weighted by Crippen LogP contribution is -2.13. The van der Waals surface area contributed by atoms with Gasteiger partial charge < -0.3 is 0 Å². The third-order valence-electron chi connectivity index (χ3n) is 10.4. The van der Waals surface area contributed by atoms with Crippen LogP contribution in [0.3, 0.4) is 0 Å². The first-order chi connectivity index (χ1) is 26.8. The molecule has 7 aromatic rings. The van der Waals surface area contributed by atoms with Crippen molar-refractivity contribution in [3.63, 3.8) is 0 Å². The van der Waals surface area contributed by atoms with Crippen molar-refractivity contribution in [2.75, 3.05) is 0 Å². The van der Waals surface area contributed by atoms with E-state index in [9.17, 15) is 0 Å². The van der Waals surface area contributed by atoms with Gasteiger partial charge in [-0.1, -0.05) is 159 Å². The molecule has 0 bridgehead atoms. The van der Waals surface area contributed by atoms with E-state index in [1.54, 1.807) is 0 Å². The number of hydrogen-bond acceptors (Lipinski definition) is 3. The molecule has 0 radical (unpaired) electrons. The lowest BCUT2D eigenvalue weighted by Gasteiger charge is -2.19. The van der Waals surface area contributed by atoms with Gasteiger partial charge in [-0.15, -0.1) is 0 Å². The molecule has 4 heteroatoms. The number of aryl methyl sites for hydroxylation is 1. The van der Waals surface area contributed by atoms with E-state index in [1.165, 1.54) is 5.57 Å². The fourth-order valence-electron chi connectivity index (χ4n) is 7.53. The van der Waals surface area contributed by atoms with E-state index in [0.29, 0.717) is 11.8 Å². The summed E-state index contributed by atoms with van der Waals surface area (Å²) in [6.45, 7) is 12.8. The van der Waals surface area contributed by atoms with Crippen LogP contribution in [0.5, 0.6) is 0 Å². The van der Waals surface area contributed by atoms with Crippen LogP contribution in [0.1, 0.15) is 50.1 Å². The van der Waals surface area contributed by atoms with E-state index in [2.05, 4.69) is 149 Å². The van der Waals surface area contributed by atoms with Crippen molar-refractivity contribution in [1.29, 1.82) is 0 Å². The monoisotopic (exact) mass is 712 g/mol. The number of hydrogen-bond donors (Lipinski definition) is 0. The maximum absolute atomic E-state index is 5.29. The highest BCUT2D eigenvalue weighted by molar-refractivity contribution is 6.12. The quantitative estimate of drug-likeness (QED) is 0.0682. The molecule has 2 aromatic heterocycles. The van der Waals surface area contributed by atoms with E-state index in [1.807, 2.05) is 43.3 Å². The Morgan fingerprint density at radius 2 is 1.42 bits per heavy atom. The number of rotatable bonds is 8. The molecule has 0 saturated carbocycles. The molecule has 2 unspecified atom stereocenters. The van der Waals surface area contributed by atoms with Crippen molar-refractivity contribution in [3.05, 3.63) is 192 Å². The van der Waals surface area contributed by atoms with Crippen LogP contribution in [0.2, 0.25) is 0 Å². The van der Waals surface area contributed by atoms with Crippen LogP contribution in [0.15, 0.2) is 185 Å². The number of fused-ring (bicyclic) bond motifs is 3. The summed E-state index contributed by atoms with van der Waals surface area (Å²) in [6.07, 6.45) is 7.54. The average molecular weight is 713 g/mol. The molecule has 0 aliphatic heterocycles. The van der Waals surface area contributed by atoms with E-state index in [4.69, 9.17) is 20.0 Å². The molecular weight excluding hydrogens is 669 g/mol. The molecular formula is C51H44N4. The van der Waals surface area contributed by atoms with Gasteiger partial charge in [-0.3, -0.25) is 9.98 Å². The number of aliphatic imine (C=N–C) groups is 2. The molecule has 0 saturated heterocycles. The number of aromatic nitrogens is 2. The average Bonchev–Trinajstić information content (AvgIpc) is 3.22. The van der Waals surface area contributed by atoms with Crippen LogP contribution in [0, 0.1) is 12.8 Å². The highest BCUT2D eigenvalue weighted by Crippen LogP contribution is 2.36. The Hall–Kier alpha value is -6.52. The van der Waals surface area contributed by atoms with Gasteiger partial charge in [0.2, 0.25) is 0 Å². The van der Waals surface area contributed by atoms with Crippen molar-refractivity contribution in [2.24, 2.45) is 15.9 Å². The molecule has 0 N–H and O–H groups in total. The fraction of sp³-hybridized carbons (Fsp3) is 0.137. The maximum Gasteiger partial charge on any atom is 0.155 e. The zero-order valence-electron chi connectivity index (χ0n) is 31.9. The first-order valence-electron chi connectivity index (χ1n) is 19.0. The first kappa shape index (κ1) is 35.5. The molecule has 0 fully saturated rings. The topological polar surface area (TPSA) is 50.5 Å². The van der Waals surface area contributed by atoms with Gasteiger partial charge in [0.05, 0.1) is 22.8 Å². The number of benzene rings is 5. The van der Waals surface area contributed by atoms with Gasteiger partial charge in [0.1, 0.15) is 0 Å². The van der Waals surface area contributed by atoms with Crippen molar-refractivity contribution in [2.45, 2.75) is 40.2 Å². The minimum absolute atomic E-state index is 0.248. The van der Waals surface area contributed by atoms with Gasteiger partial charge in [-0.2, -0.15) is 0 Å². The Bertz CT molecular complexity index is 2660. The molecule has 8 rings (SSSR count). The molecule has 4 nitrogen and oxygen atoms in total. The highest BCUT2D eigenvalue weighted by Gasteiger charge is 2.18. The Morgan fingerprint density at radius 3 is 2.16 bits per heavy atom. The van der Waals surface area contributed by atoms with Gasteiger partial charge in [0.25, 0.3) is 0 Å². The van der Waals surface area contributed by atoms with Crippen LogP contribution in [-0.4, -0.2) is 21.5 Å². The third kappa shape index (κ3) is 7.49. The minimum atomic E-state index is -0.248. The summed E-state index contributed by atoms with van der Waals surface area (Å²) in [5.74, 6) is 1.13. The number of pyridine rings is 2. The zero-order valence-corrected chi connectivity index (χ0v) is 31.9. The standard InChI is InChI=1S/C51H44N4/c1-33(2)48(55-51(41-18-10-7-11-19-41)53-36(5)44-22-13-12-15-34(44)3)39-25-23-37(24-26-39)42-20-14-21-43(32-42)46-31-35(4)52-50-45(46)29-27-40-28-30-47(54-49(40)50)38-16-8-6-9-17-38/h6-14,16-32,34,48H,1,15H2,2-5H3/b53-36+,55-51-. The highest BCUT2D eigenvalue weighted by atomic mass is 14.9. The predicted octanol–water partition coefficient (Wildman–Crippen LogP) is 13.1. The Labute approximate surface area is 324 Å². The number of amidine groups is 1. The van der Waals surface area contributed by atoms with E-state index < -0.39 is 0 Å². The summed E-state index contributed by atoms with van der Waals surface area (Å²) >= 11 is 0. The summed E-state index contributed by atoms with van der Waals surface area (Å²) in [4.78, 5) is 20.6. The SMILES string of the molecule is C=C(C)C(/N=C(\N=C(/C)C1=CC=CCC1C)c1ccccc1)c1ccc(-c2cccc(-c3cc(C)nc4c3ccc3ccc(-c5ccccc5)nc34)c2)cc1. The molecule has 268 valence electrons. The van der Waals surface area contributed by atoms with E-state index in [-0.39, 0.29) is 6.04 Å². The molecule has 0 spiro atoms. The van der Waals surface area contributed by atoms with Gasteiger partial charge in [-0.25, -0.2) is 9.98 Å². The molecule has 1 aliphatic rings. The van der Waals surface area contributed by atoms with Gasteiger partial charge in [0.15, 0.2) is 5.84 Å². The summed E-state index contributed by atoms with van der Waals surface area (Å²) in [5.41, 5.74) is 14.7. The Morgan fingerprint density at radius 1 is 0.709 bits per heavy atom. The first-order valence-corrected chi connectivity index (χ1v) is 19.0. The normalized spacial score (nSPS) is 15.3. The summed E-state index contributed by atoms with van der Waals surface area (Å²) in [6, 6.07) is 48.6. The second-order valence-electron chi connectivity index (χ2n) is 14.6. The van der Waals surface area contributed by atoms with Crippen molar-refractivity contribution < 1.29 is 0 Å². The van der Waals surface area contributed by atoms with E-state index in [0.717, 1.165) is 89.8 Å². The molecule has 1 aliphatic carbocycles. The summed E-state index contributed by atoms with van der Waals surface area (Å²) in [7, 11) is 0. The molecule has 55 heavy (non-hydrogen) atoms.